The van der Waals surface area contributed by atoms with E-state index in [9.17, 15) is 9.59 Å². The predicted octanol–water partition coefficient (Wildman–Crippen LogP) is 1.50. The quantitative estimate of drug-likeness (QED) is 0.892. The van der Waals surface area contributed by atoms with Crippen LogP contribution in [0.2, 0.25) is 0 Å². The number of carboxylic acids is 1. The van der Waals surface area contributed by atoms with Gasteiger partial charge in [0.05, 0.1) is 32.2 Å². The molecular weight excluding hydrogens is 286 g/mol. The molecule has 1 amide bonds. The van der Waals surface area contributed by atoms with Crippen LogP contribution in [0.15, 0.2) is 24.3 Å². The molecule has 2 atom stereocenters. The Balaban J connectivity index is 2.01. The summed E-state index contributed by atoms with van der Waals surface area (Å²) in [5.41, 5.74) is 0.909. The number of amides is 1. The fourth-order valence-corrected chi connectivity index (χ4v) is 2.55. The third-order valence-electron chi connectivity index (χ3n) is 3.84. The molecule has 6 nitrogen and oxygen atoms in total. The average molecular weight is 307 g/mol. The first-order chi connectivity index (χ1) is 10.5. The van der Waals surface area contributed by atoms with Crippen LogP contribution in [0.1, 0.15) is 24.8 Å². The van der Waals surface area contributed by atoms with Crippen molar-refractivity contribution in [1.29, 1.82) is 0 Å². The van der Waals surface area contributed by atoms with E-state index in [-0.39, 0.29) is 18.2 Å². The molecule has 0 bridgehead atoms. The van der Waals surface area contributed by atoms with Crippen molar-refractivity contribution in [2.75, 3.05) is 26.8 Å². The Kier molecular flexibility index (Phi) is 5.38. The maximum absolute atomic E-state index is 12.6. The lowest BCUT2D eigenvalue weighted by Gasteiger charge is -2.34. The summed E-state index contributed by atoms with van der Waals surface area (Å²) >= 11 is 0. The van der Waals surface area contributed by atoms with Crippen molar-refractivity contribution in [1.82, 2.24) is 4.90 Å². The summed E-state index contributed by atoms with van der Waals surface area (Å²) < 4.78 is 10.5. The number of rotatable bonds is 5. The monoisotopic (exact) mass is 307 g/mol. The largest absolute Gasteiger partial charge is 0.497 e. The summed E-state index contributed by atoms with van der Waals surface area (Å²) in [6, 6.07) is 7.39. The third-order valence-corrected chi connectivity index (χ3v) is 3.84. The standard InChI is InChI=1S/C16H21NO5/c1-11(12-3-5-13(21-2)6-4-12)16(20)17-7-8-22-14(10-17)9-15(18)19/h3-6,11,14H,7-10H2,1-2H3,(H,18,19)/t11-,14-/m0/s1. The van der Waals surface area contributed by atoms with Crippen molar-refractivity contribution >= 4 is 11.9 Å². The van der Waals surface area contributed by atoms with E-state index in [4.69, 9.17) is 14.6 Å². The molecular formula is C16H21NO5. The van der Waals surface area contributed by atoms with Gasteiger partial charge in [0.15, 0.2) is 0 Å². The highest BCUT2D eigenvalue weighted by Crippen LogP contribution is 2.22. The van der Waals surface area contributed by atoms with Gasteiger partial charge in [-0.05, 0) is 24.6 Å². The second kappa shape index (κ2) is 7.26. The zero-order chi connectivity index (χ0) is 16.1. The van der Waals surface area contributed by atoms with E-state index in [1.54, 1.807) is 12.0 Å². The molecule has 0 unspecified atom stereocenters. The molecule has 6 heteroatoms. The van der Waals surface area contributed by atoms with Gasteiger partial charge in [0.25, 0.3) is 0 Å². The summed E-state index contributed by atoms with van der Waals surface area (Å²) in [4.78, 5) is 25.0. The molecule has 1 aliphatic rings. The van der Waals surface area contributed by atoms with Gasteiger partial charge in [-0.1, -0.05) is 12.1 Å². The number of carbonyl (C=O) groups is 2. The maximum Gasteiger partial charge on any atom is 0.306 e. The van der Waals surface area contributed by atoms with Gasteiger partial charge in [-0.3, -0.25) is 9.59 Å². The van der Waals surface area contributed by atoms with Gasteiger partial charge in [-0.25, -0.2) is 0 Å². The second-order valence-corrected chi connectivity index (χ2v) is 5.37. The predicted molar refractivity (Wildman–Crippen MR) is 80.0 cm³/mol. The Morgan fingerprint density at radius 2 is 2.09 bits per heavy atom. The van der Waals surface area contributed by atoms with E-state index in [2.05, 4.69) is 0 Å². The van der Waals surface area contributed by atoms with Crippen LogP contribution in [-0.2, 0) is 14.3 Å². The first-order valence-electron chi connectivity index (χ1n) is 7.27. The minimum absolute atomic E-state index is 0.0103. The lowest BCUT2D eigenvalue weighted by atomic mass is 9.99. The number of ether oxygens (including phenoxy) is 2. The number of morpholine rings is 1. The van der Waals surface area contributed by atoms with Crippen molar-refractivity contribution < 1.29 is 24.2 Å². The summed E-state index contributed by atoms with van der Waals surface area (Å²) in [6.45, 7) is 3.05. The number of hydrogen-bond acceptors (Lipinski definition) is 4. The Labute approximate surface area is 129 Å². The number of nitrogens with zero attached hydrogens (tertiary/aromatic N) is 1. The lowest BCUT2D eigenvalue weighted by molar-refractivity contribution is -0.148. The van der Waals surface area contributed by atoms with E-state index < -0.39 is 12.1 Å². The van der Waals surface area contributed by atoms with Crippen LogP contribution < -0.4 is 4.74 Å². The van der Waals surface area contributed by atoms with Crippen LogP contribution in [-0.4, -0.2) is 54.8 Å². The van der Waals surface area contributed by atoms with Gasteiger partial charge < -0.3 is 19.5 Å². The van der Waals surface area contributed by atoms with Gasteiger partial charge in [0.1, 0.15) is 5.75 Å². The number of hydrogen-bond donors (Lipinski definition) is 1. The molecule has 1 aromatic rings. The summed E-state index contributed by atoms with van der Waals surface area (Å²) in [5.74, 6) is -0.461. The van der Waals surface area contributed by atoms with Crippen LogP contribution in [0.25, 0.3) is 0 Å². The zero-order valence-corrected chi connectivity index (χ0v) is 12.8. The van der Waals surface area contributed by atoms with Crippen molar-refractivity contribution in [3.8, 4) is 5.75 Å². The zero-order valence-electron chi connectivity index (χ0n) is 12.8. The molecule has 1 fully saturated rings. The van der Waals surface area contributed by atoms with E-state index in [0.717, 1.165) is 11.3 Å². The number of benzene rings is 1. The van der Waals surface area contributed by atoms with Crippen molar-refractivity contribution in [2.24, 2.45) is 0 Å². The van der Waals surface area contributed by atoms with Gasteiger partial charge >= 0.3 is 5.97 Å². The fourth-order valence-electron chi connectivity index (χ4n) is 2.55. The molecule has 1 aliphatic heterocycles. The Morgan fingerprint density at radius 1 is 1.41 bits per heavy atom. The highest BCUT2D eigenvalue weighted by atomic mass is 16.5. The Morgan fingerprint density at radius 3 is 2.68 bits per heavy atom. The SMILES string of the molecule is COc1ccc([C@H](C)C(=O)N2CCO[C@@H](CC(=O)O)C2)cc1. The van der Waals surface area contributed by atoms with Crippen LogP contribution in [0.5, 0.6) is 5.75 Å². The Hall–Kier alpha value is -2.08. The average Bonchev–Trinajstić information content (AvgIpc) is 2.53. The van der Waals surface area contributed by atoms with Gasteiger partial charge in [-0.15, -0.1) is 0 Å². The minimum atomic E-state index is -0.914. The molecule has 1 heterocycles. The number of aliphatic carboxylic acids is 1. The van der Waals surface area contributed by atoms with E-state index in [1.807, 2.05) is 31.2 Å². The van der Waals surface area contributed by atoms with E-state index >= 15 is 0 Å². The minimum Gasteiger partial charge on any atom is -0.497 e. The van der Waals surface area contributed by atoms with Crippen LogP contribution >= 0.6 is 0 Å². The van der Waals surface area contributed by atoms with Crippen LogP contribution in [0, 0.1) is 0 Å². The fraction of sp³-hybridized carbons (Fsp3) is 0.500. The molecule has 1 saturated heterocycles. The van der Waals surface area contributed by atoms with Crippen LogP contribution in [0.4, 0.5) is 0 Å². The number of carboxylic acid groups (broad SMARTS) is 1. The molecule has 22 heavy (non-hydrogen) atoms. The first-order valence-corrected chi connectivity index (χ1v) is 7.27. The molecule has 120 valence electrons. The van der Waals surface area contributed by atoms with E-state index in [0.29, 0.717) is 19.7 Å². The van der Waals surface area contributed by atoms with Crippen molar-refractivity contribution in [3.05, 3.63) is 29.8 Å². The molecule has 0 aliphatic carbocycles. The van der Waals surface area contributed by atoms with Crippen LogP contribution in [0.3, 0.4) is 0 Å². The molecule has 0 spiro atoms. The molecule has 0 radical (unpaired) electrons. The normalized spacial score (nSPS) is 19.5. The number of carbonyl (C=O) groups excluding carboxylic acids is 1. The highest BCUT2D eigenvalue weighted by Gasteiger charge is 2.29. The van der Waals surface area contributed by atoms with E-state index in [1.165, 1.54) is 0 Å². The van der Waals surface area contributed by atoms with Gasteiger partial charge in [0.2, 0.25) is 5.91 Å². The van der Waals surface area contributed by atoms with Gasteiger partial charge in [0, 0.05) is 13.1 Å². The summed E-state index contributed by atoms with van der Waals surface area (Å²) in [5, 5.41) is 8.83. The molecule has 1 N–H and O–H groups in total. The third kappa shape index (κ3) is 3.98. The van der Waals surface area contributed by atoms with Crippen molar-refractivity contribution in [3.63, 3.8) is 0 Å². The first kappa shape index (κ1) is 16.3. The van der Waals surface area contributed by atoms with Crippen molar-refractivity contribution in [2.45, 2.75) is 25.4 Å². The Bertz CT molecular complexity index is 528. The summed E-state index contributed by atoms with van der Waals surface area (Å²) in [6.07, 6.45) is -0.515. The molecule has 1 aromatic carbocycles. The highest BCUT2D eigenvalue weighted by molar-refractivity contribution is 5.83. The smallest absolute Gasteiger partial charge is 0.306 e. The van der Waals surface area contributed by atoms with Gasteiger partial charge in [-0.2, -0.15) is 0 Å². The summed E-state index contributed by atoms with van der Waals surface area (Å²) in [7, 11) is 1.60. The molecule has 0 saturated carbocycles. The molecule has 2 rings (SSSR count). The topological polar surface area (TPSA) is 76.1 Å². The maximum atomic E-state index is 12.6. The number of methoxy groups -OCH3 is 1. The lowest BCUT2D eigenvalue weighted by Crippen LogP contribution is -2.47. The molecule has 0 aromatic heterocycles. The second-order valence-electron chi connectivity index (χ2n) is 5.37.